The third-order valence-corrected chi connectivity index (χ3v) is 4.24. The highest BCUT2D eigenvalue weighted by molar-refractivity contribution is 6.01. The normalized spacial score (nSPS) is 33.4. The third kappa shape index (κ3) is 2.55. The van der Waals surface area contributed by atoms with Crippen molar-refractivity contribution < 1.29 is 14.3 Å². The molecular weight excluding hydrogens is 240 g/mol. The predicted molar refractivity (Wildman–Crippen MR) is 73.4 cm³/mol. The summed E-state index contributed by atoms with van der Waals surface area (Å²) in [5.74, 6) is -0.00219. The van der Waals surface area contributed by atoms with E-state index in [2.05, 4.69) is 6.58 Å². The maximum absolute atomic E-state index is 11.6. The fraction of sp³-hybridized carbons (Fsp3) is 0.500. The Labute approximate surface area is 114 Å². The fourth-order valence-corrected chi connectivity index (χ4v) is 2.93. The number of allylic oxidation sites excluding steroid dienone is 3. The number of carbonyl (C=O) groups excluding carboxylic acids is 2. The van der Waals surface area contributed by atoms with Gasteiger partial charge in [0.15, 0.2) is 5.78 Å². The Morgan fingerprint density at radius 2 is 2.16 bits per heavy atom. The van der Waals surface area contributed by atoms with Crippen molar-refractivity contribution in [1.29, 1.82) is 0 Å². The largest absolute Gasteiger partial charge is 0.461 e. The Kier molecular flexibility index (Phi) is 3.48. The van der Waals surface area contributed by atoms with Crippen LogP contribution in [0.3, 0.4) is 0 Å². The number of rotatable bonds is 2. The van der Waals surface area contributed by atoms with E-state index in [-0.39, 0.29) is 29.2 Å². The van der Waals surface area contributed by atoms with E-state index in [0.29, 0.717) is 0 Å². The van der Waals surface area contributed by atoms with Gasteiger partial charge in [0.2, 0.25) is 0 Å². The van der Waals surface area contributed by atoms with Gasteiger partial charge in [0.05, 0.1) is 0 Å². The van der Waals surface area contributed by atoms with Crippen LogP contribution in [0.25, 0.3) is 0 Å². The van der Waals surface area contributed by atoms with E-state index in [1.807, 2.05) is 19.9 Å². The maximum atomic E-state index is 11.6. The summed E-state index contributed by atoms with van der Waals surface area (Å²) >= 11 is 0. The summed E-state index contributed by atoms with van der Waals surface area (Å²) < 4.78 is 5.50. The highest BCUT2D eigenvalue weighted by atomic mass is 16.5. The van der Waals surface area contributed by atoms with Crippen LogP contribution in [0, 0.1) is 11.3 Å². The number of esters is 1. The summed E-state index contributed by atoms with van der Waals surface area (Å²) in [7, 11) is 0. The molecule has 1 fully saturated rings. The smallest absolute Gasteiger partial charge is 0.302 e. The van der Waals surface area contributed by atoms with E-state index in [9.17, 15) is 9.59 Å². The van der Waals surface area contributed by atoms with Gasteiger partial charge in [-0.05, 0) is 44.8 Å². The highest BCUT2D eigenvalue weighted by Gasteiger charge is 2.45. The number of ketones is 1. The molecule has 102 valence electrons. The summed E-state index contributed by atoms with van der Waals surface area (Å²) in [6, 6.07) is 0. The van der Waals surface area contributed by atoms with Gasteiger partial charge in [-0.1, -0.05) is 23.8 Å². The first-order chi connectivity index (χ1) is 8.83. The van der Waals surface area contributed by atoms with E-state index < -0.39 is 0 Å². The van der Waals surface area contributed by atoms with E-state index in [4.69, 9.17) is 4.74 Å². The van der Waals surface area contributed by atoms with E-state index >= 15 is 0 Å². The van der Waals surface area contributed by atoms with Crippen molar-refractivity contribution in [3.8, 4) is 0 Å². The summed E-state index contributed by atoms with van der Waals surface area (Å²) in [6.07, 6.45) is 6.50. The second kappa shape index (κ2) is 4.80. The lowest BCUT2D eigenvalue weighted by atomic mass is 9.63. The number of hydrogen-bond donors (Lipinski definition) is 0. The molecule has 0 aromatic rings. The topological polar surface area (TPSA) is 43.4 Å². The Morgan fingerprint density at radius 3 is 2.74 bits per heavy atom. The molecule has 3 atom stereocenters. The van der Waals surface area contributed by atoms with E-state index in [1.165, 1.54) is 6.92 Å². The van der Waals surface area contributed by atoms with Gasteiger partial charge in [-0.15, -0.1) is 0 Å². The molecule has 2 aliphatic rings. The first kappa shape index (κ1) is 13.8. The van der Waals surface area contributed by atoms with E-state index in [0.717, 1.165) is 24.0 Å². The summed E-state index contributed by atoms with van der Waals surface area (Å²) in [5.41, 5.74) is 1.76. The zero-order valence-corrected chi connectivity index (χ0v) is 11.7. The molecule has 0 N–H and O–H groups in total. The van der Waals surface area contributed by atoms with Gasteiger partial charge in [0.1, 0.15) is 6.10 Å². The van der Waals surface area contributed by atoms with Gasteiger partial charge in [0.25, 0.3) is 0 Å². The summed E-state index contributed by atoms with van der Waals surface area (Å²) in [4.78, 5) is 22.9. The van der Waals surface area contributed by atoms with E-state index in [1.54, 1.807) is 12.2 Å². The van der Waals surface area contributed by atoms with Crippen LogP contribution in [0.4, 0.5) is 0 Å². The maximum Gasteiger partial charge on any atom is 0.302 e. The standard InChI is InChI=1S/C16H20O3/c1-10(2)12-7-13-9-14(18)5-6-16(13,4)15(8-12)19-11(3)17/h5-6,9,12,15H,1,7-8H2,2-4H3/t12-,15-,16-/m0/s1. The Hall–Kier alpha value is -1.64. The van der Waals surface area contributed by atoms with Gasteiger partial charge in [-0.25, -0.2) is 0 Å². The lowest BCUT2D eigenvalue weighted by Crippen LogP contribution is -2.43. The number of fused-ring (bicyclic) bond motifs is 1. The fourth-order valence-electron chi connectivity index (χ4n) is 2.93. The average Bonchev–Trinajstić information content (AvgIpc) is 2.30. The van der Waals surface area contributed by atoms with Crippen LogP contribution in [-0.2, 0) is 14.3 Å². The lowest BCUT2D eigenvalue weighted by molar-refractivity contribution is -0.152. The van der Waals surface area contributed by atoms with Crippen LogP contribution >= 0.6 is 0 Å². The molecule has 0 radical (unpaired) electrons. The molecule has 0 aromatic carbocycles. The van der Waals surface area contributed by atoms with Crippen molar-refractivity contribution in [2.75, 3.05) is 0 Å². The van der Waals surface area contributed by atoms with Crippen molar-refractivity contribution >= 4 is 11.8 Å². The van der Waals surface area contributed by atoms with Crippen molar-refractivity contribution in [2.45, 2.75) is 39.7 Å². The van der Waals surface area contributed by atoms with Gasteiger partial charge >= 0.3 is 5.97 Å². The molecular formula is C16H20O3. The zero-order chi connectivity index (χ0) is 14.2. The van der Waals surface area contributed by atoms with Crippen molar-refractivity contribution in [3.63, 3.8) is 0 Å². The van der Waals surface area contributed by atoms with Gasteiger partial charge in [-0.3, -0.25) is 9.59 Å². The first-order valence-corrected chi connectivity index (χ1v) is 6.60. The van der Waals surface area contributed by atoms with Crippen LogP contribution < -0.4 is 0 Å². The van der Waals surface area contributed by atoms with Gasteiger partial charge < -0.3 is 4.74 Å². The molecule has 3 nitrogen and oxygen atoms in total. The monoisotopic (exact) mass is 260 g/mol. The Morgan fingerprint density at radius 1 is 1.47 bits per heavy atom. The average molecular weight is 260 g/mol. The molecule has 3 heteroatoms. The highest BCUT2D eigenvalue weighted by Crippen LogP contribution is 2.48. The molecule has 19 heavy (non-hydrogen) atoms. The molecule has 0 heterocycles. The molecule has 0 aromatic heterocycles. The van der Waals surface area contributed by atoms with Crippen molar-refractivity contribution in [3.05, 3.63) is 36.0 Å². The third-order valence-electron chi connectivity index (χ3n) is 4.24. The molecule has 0 saturated heterocycles. The van der Waals surface area contributed by atoms with Crippen LogP contribution in [0.15, 0.2) is 36.0 Å². The Bertz CT molecular complexity index is 498. The minimum Gasteiger partial charge on any atom is -0.461 e. The predicted octanol–water partition coefficient (Wildman–Crippen LogP) is 2.98. The molecule has 2 aliphatic carbocycles. The van der Waals surface area contributed by atoms with Crippen molar-refractivity contribution in [1.82, 2.24) is 0 Å². The molecule has 0 unspecified atom stereocenters. The summed E-state index contributed by atoms with van der Waals surface area (Å²) in [6.45, 7) is 9.44. The zero-order valence-electron chi connectivity index (χ0n) is 11.7. The number of ether oxygens (including phenoxy) is 1. The minimum absolute atomic E-state index is 0.0106. The molecule has 0 bridgehead atoms. The van der Waals surface area contributed by atoms with Gasteiger partial charge in [0, 0.05) is 12.3 Å². The van der Waals surface area contributed by atoms with Crippen LogP contribution in [0.1, 0.15) is 33.6 Å². The van der Waals surface area contributed by atoms with Crippen LogP contribution in [0.2, 0.25) is 0 Å². The quantitative estimate of drug-likeness (QED) is 0.566. The number of hydrogen-bond acceptors (Lipinski definition) is 3. The Balaban J connectivity index is 2.37. The minimum atomic E-state index is -0.356. The van der Waals surface area contributed by atoms with Crippen molar-refractivity contribution in [2.24, 2.45) is 11.3 Å². The summed E-state index contributed by atoms with van der Waals surface area (Å²) in [5, 5.41) is 0. The number of carbonyl (C=O) groups is 2. The first-order valence-electron chi connectivity index (χ1n) is 6.60. The second-order valence-corrected chi connectivity index (χ2v) is 5.77. The SMILES string of the molecule is C=C(C)[C@H]1CC2=CC(=O)C=C[C@]2(C)[C@@H](OC(C)=O)C1. The molecule has 0 aliphatic heterocycles. The lowest BCUT2D eigenvalue weighted by Gasteiger charge is -2.45. The molecule has 0 amide bonds. The van der Waals surface area contributed by atoms with Crippen LogP contribution in [0.5, 0.6) is 0 Å². The molecule has 2 rings (SSSR count). The second-order valence-electron chi connectivity index (χ2n) is 5.77. The van der Waals surface area contributed by atoms with Crippen LogP contribution in [-0.4, -0.2) is 17.9 Å². The molecule has 0 spiro atoms. The molecule has 1 saturated carbocycles. The van der Waals surface area contributed by atoms with Gasteiger partial charge in [-0.2, -0.15) is 0 Å².